The first-order valence-corrected chi connectivity index (χ1v) is 12.2. The third-order valence-corrected chi connectivity index (χ3v) is 7.71. The zero-order valence-electron chi connectivity index (χ0n) is 14.9. The van der Waals surface area contributed by atoms with Gasteiger partial charge in [0.15, 0.2) is 0 Å². The number of nitrogens with zero attached hydrogens (tertiary/aromatic N) is 1. The van der Waals surface area contributed by atoms with E-state index >= 15 is 0 Å². The van der Waals surface area contributed by atoms with Crippen LogP contribution in [0.3, 0.4) is 0 Å². The van der Waals surface area contributed by atoms with Crippen LogP contribution in [0.25, 0.3) is 0 Å². The first kappa shape index (κ1) is 21.8. The van der Waals surface area contributed by atoms with Gasteiger partial charge in [0.1, 0.15) is 0 Å². The second-order valence-electron chi connectivity index (χ2n) is 6.69. The molecule has 1 N–H and O–H groups in total. The molecular weight excluding hydrogens is 534 g/mol. The van der Waals surface area contributed by atoms with Crippen LogP contribution >= 0.6 is 45.8 Å². The summed E-state index contributed by atoms with van der Waals surface area (Å²) in [5.74, 6) is -0.761. The van der Waals surface area contributed by atoms with Gasteiger partial charge in [-0.2, -0.15) is 0 Å². The van der Waals surface area contributed by atoms with E-state index in [4.69, 9.17) is 23.2 Å². The second-order valence-corrected chi connectivity index (χ2v) is 10.7. The number of carbonyl (C=O) groups is 1. The van der Waals surface area contributed by atoms with E-state index in [9.17, 15) is 13.2 Å². The van der Waals surface area contributed by atoms with Crippen molar-refractivity contribution in [1.29, 1.82) is 0 Å². The second kappa shape index (κ2) is 9.30. The molecule has 1 saturated heterocycles. The van der Waals surface area contributed by atoms with Crippen molar-refractivity contribution in [2.24, 2.45) is 5.92 Å². The Morgan fingerprint density at radius 1 is 1.18 bits per heavy atom. The molecule has 1 unspecified atom stereocenters. The van der Waals surface area contributed by atoms with Crippen molar-refractivity contribution in [3.63, 3.8) is 0 Å². The normalized spacial score (nSPS) is 18.0. The Bertz CT molecular complexity index is 968. The molecule has 9 heteroatoms. The summed E-state index contributed by atoms with van der Waals surface area (Å²) in [4.78, 5) is 12.6. The molecule has 0 saturated carbocycles. The third kappa shape index (κ3) is 5.60. The Morgan fingerprint density at radius 2 is 1.89 bits per heavy atom. The highest BCUT2D eigenvalue weighted by Crippen LogP contribution is 2.27. The van der Waals surface area contributed by atoms with Crippen molar-refractivity contribution in [2.75, 3.05) is 18.4 Å². The van der Waals surface area contributed by atoms with Gasteiger partial charge in [0.05, 0.1) is 11.7 Å². The first-order chi connectivity index (χ1) is 13.2. The van der Waals surface area contributed by atoms with E-state index in [1.807, 2.05) is 24.3 Å². The number of rotatable bonds is 5. The van der Waals surface area contributed by atoms with E-state index in [0.717, 1.165) is 3.57 Å². The van der Waals surface area contributed by atoms with Crippen LogP contribution in [0.2, 0.25) is 10.0 Å². The summed E-state index contributed by atoms with van der Waals surface area (Å²) in [5.41, 5.74) is 1.20. The number of anilines is 1. The fraction of sp³-hybridized carbons (Fsp3) is 0.316. The number of amides is 1. The zero-order valence-corrected chi connectivity index (χ0v) is 19.4. The van der Waals surface area contributed by atoms with Crippen LogP contribution in [-0.2, 0) is 20.6 Å². The summed E-state index contributed by atoms with van der Waals surface area (Å²) in [7, 11) is -3.59. The standard InChI is InChI=1S/C19H19Cl2IN2O3S/c20-15-4-3-14(18(21)10-15)12-28(26,27)24-9-1-2-13(11-24)19(25)23-17-7-5-16(22)6-8-17/h3-8,10,13H,1-2,9,11-12H2,(H,23,25). The van der Waals surface area contributed by atoms with Crippen LogP contribution in [0.15, 0.2) is 42.5 Å². The number of hydrogen-bond donors (Lipinski definition) is 1. The Labute approximate surface area is 188 Å². The van der Waals surface area contributed by atoms with Crippen LogP contribution in [0.1, 0.15) is 18.4 Å². The number of carbonyl (C=O) groups excluding carboxylic acids is 1. The zero-order chi connectivity index (χ0) is 20.3. The molecule has 150 valence electrons. The van der Waals surface area contributed by atoms with Gasteiger partial charge in [0.25, 0.3) is 0 Å². The predicted octanol–water partition coefficient (Wildman–Crippen LogP) is 4.78. The van der Waals surface area contributed by atoms with Gasteiger partial charge in [-0.05, 0) is 77.4 Å². The molecule has 1 fully saturated rings. The molecule has 1 heterocycles. The summed E-state index contributed by atoms with van der Waals surface area (Å²) >= 11 is 14.2. The van der Waals surface area contributed by atoms with Gasteiger partial charge in [-0.25, -0.2) is 12.7 Å². The van der Waals surface area contributed by atoms with Crippen molar-refractivity contribution in [2.45, 2.75) is 18.6 Å². The van der Waals surface area contributed by atoms with Crippen LogP contribution < -0.4 is 5.32 Å². The molecule has 0 radical (unpaired) electrons. The maximum atomic E-state index is 12.9. The highest BCUT2D eigenvalue weighted by Gasteiger charge is 2.32. The van der Waals surface area contributed by atoms with Crippen molar-refractivity contribution >= 4 is 67.4 Å². The Hall–Kier alpha value is -0.870. The fourth-order valence-corrected chi connectivity index (χ4v) is 5.67. The minimum atomic E-state index is -3.59. The molecule has 1 aliphatic rings. The molecule has 3 rings (SSSR count). The minimum absolute atomic E-state index is 0.161. The maximum Gasteiger partial charge on any atom is 0.228 e. The average molecular weight is 553 g/mol. The number of sulfonamides is 1. The van der Waals surface area contributed by atoms with Crippen molar-refractivity contribution in [3.8, 4) is 0 Å². The Kier molecular flexibility index (Phi) is 7.25. The lowest BCUT2D eigenvalue weighted by atomic mass is 9.99. The number of benzene rings is 2. The van der Waals surface area contributed by atoms with Gasteiger partial charge in [0, 0.05) is 32.4 Å². The summed E-state index contributed by atoms with van der Waals surface area (Å²) in [6.07, 6.45) is 1.29. The van der Waals surface area contributed by atoms with Crippen LogP contribution in [0, 0.1) is 9.49 Å². The molecule has 5 nitrogen and oxygen atoms in total. The lowest BCUT2D eigenvalue weighted by molar-refractivity contribution is -0.120. The summed E-state index contributed by atoms with van der Waals surface area (Å²) in [6, 6.07) is 12.2. The lowest BCUT2D eigenvalue weighted by Gasteiger charge is -2.31. The van der Waals surface area contributed by atoms with Gasteiger partial charge >= 0.3 is 0 Å². The van der Waals surface area contributed by atoms with E-state index in [1.54, 1.807) is 12.1 Å². The van der Waals surface area contributed by atoms with Crippen molar-refractivity contribution in [1.82, 2.24) is 4.31 Å². The van der Waals surface area contributed by atoms with Crippen LogP contribution in [0.5, 0.6) is 0 Å². The van der Waals surface area contributed by atoms with E-state index in [2.05, 4.69) is 27.9 Å². The molecule has 0 bridgehead atoms. The summed E-state index contributed by atoms with van der Waals surface area (Å²) in [5, 5.41) is 3.65. The molecule has 2 aromatic rings. The highest BCUT2D eigenvalue weighted by molar-refractivity contribution is 14.1. The number of hydrogen-bond acceptors (Lipinski definition) is 3. The largest absolute Gasteiger partial charge is 0.326 e. The minimum Gasteiger partial charge on any atom is -0.326 e. The molecule has 1 atom stereocenters. The molecule has 0 aliphatic carbocycles. The van der Waals surface area contributed by atoms with E-state index in [0.29, 0.717) is 40.7 Å². The quantitative estimate of drug-likeness (QED) is 0.543. The number of halogens is 3. The van der Waals surface area contributed by atoms with Gasteiger partial charge < -0.3 is 5.32 Å². The predicted molar refractivity (Wildman–Crippen MR) is 121 cm³/mol. The van der Waals surface area contributed by atoms with Crippen molar-refractivity contribution < 1.29 is 13.2 Å². The van der Waals surface area contributed by atoms with Gasteiger partial charge in [-0.3, -0.25) is 4.79 Å². The molecular formula is C19H19Cl2IN2O3S. The summed E-state index contributed by atoms with van der Waals surface area (Å²) < 4.78 is 28.2. The number of nitrogens with one attached hydrogen (secondary N) is 1. The topological polar surface area (TPSA) is 66.5 Å². The summed E-state index contributed by atoms with van der Waals surface area (Å²) in [6.45, 7) is 0.574. The Morgan fingerprint density at radius 3 is 2.57 bits per heavy atom. The van der Waals surface area contributed by atoms with Crippen LogP contribution in [0.4, 0.5) is 5.69 Å². The molecule has 1 aliphatic heterocycles. The van der Waals surface area contributed by atoms with E-state index < -0.39 is 10.0 Å². The van der Waals surface area contributed by atoms with E-state index in [-0.39, 0.29) is 24.1 Å². The average Bonchev–Trinajstić information content (AvgIpc) is 2.66. The number of piperidine rings is 1. The fourth-order valence-electron chi connectivity index (χ4n) is 3.11. The molecule has 2 aromatic carbocycles. The lowest BCUT2D eigenvalue weighted by Crippen LogP contribution is -2.44. The Balaban J connectivity index is 1.67. The van der Waals surface area contributed by atoms with E-state index in [1.165, 1.54) is 10.4 Å². The smallest absolute Gasteiger partial charge is 0.228 e. The molecule has 0 spiro atoms. The van der Waals surface area contributed by atoms with Crippen molar-refractivity contribution in [3.05, 3.63) is 61.6 Å². The SMILES string of the molecule is O=C(Nc1ccc(I)cc1)C1CCCN(S(=O)(=O)Cc2ccc(Cl)cc2Cl)C1. The first-order valence-electron chi connectivity index (χ1n) is 8.73. The monoisotopic (exact) mass is 552 g/mol. The third-order valence-electron chi connectivity index (χ3n) is 4.61. The molecule has 0 aromatic heterocycles. The van der Waals surface area contributed by atoms with Gasteiger partial charge in [0.2, 0.25) is 15.9 Å². The maximum absolute atomic E-state index is 12.9. The molecule has 28 heavy (non-hydrogen) atoms. The van der Waals surface area contributed by atoms with Gasteiger partial charge in [-0.1, -0.05) is 29.3 Å². The highest BCUT2D eigenvalue weighted by atomic mass is 127. The van der Waals surface area contributed by atoms with Crippen LogP contribution in [-0.4, -0.2) is 31.7 Å². The molecule has 1 amide bonds. The van der Waals surface area contributed by atoms with Gasteiger partial charge in [-0.15, -0.1) is 0 Å².